The molecular formula is C13H9FN4O. The van der Waals surface area contributed by atoms with Gasteiger partial charge in [-0.1, -0.05) is 0 Å². The minimum absolute atomic E-state index is 0.167. The fourth-order valence-electron chi connectivity index (χ4n) is 1.73. The number of phenolic OH excluding ortho intramolecular Hbond substituents is 1. The highest BCUT2D eigenvalue weighted by Gasteiger charge is 2.10. The first-order chi connectivity index (χ1) is 9.24. The van der Waals surface area contributed by atoms with Crippen molar-refractivity contribution < 1.29 is 9.50 Å². The number of rotatable bonds is 2. The second-order valence-corrected chi connectivity index (χ2v) is 3.94. The van der Waals surface area contributed by atoms with Crippen LogP contribution in [-0.4, -0.2) is 25.3 Å². The molecule has 0 saturated heterocycles. The number of aromatic hydroxyl groups is 1. The van der Waals surface area contributed by atoms with Crippen LogP contribution in [0.25, 0.3) is 17.1 Å². The van der Waals surface area contributed by atoms with Crippen molar-refractivity contribution in [2.75, 3.05) is 0 Å². The summed E-state index contributed by atoms with van der Waals surface area (Å²) in [5.41, 5.74) is 1.42. The number of halogens is 1. The predicted octanol–water partition coefficient (Wildman–Crippen LogP) is 2.17. The van der Waals surface area contributed by atoms with Gasteiger partial charge < -0.3 is 5.11 Å². The van der Waals surface area contributed by atoms with Crippen LogP contribution in [0.1, 0.15) is 0 Å². The molecule has 6 heteroatoms. The molecule has 0 aliphatic rings. The summed E-state index contributed by atoms with van der Waals surface area (Å²) in [5, 5.41) is 20.7. The fourth-order valence-corrected chi connectivity index (χ4v) is 1.73. The van der Waals surface area contributed by atoms with E-state index in [9.17, 15) is 9.50 Å². The van der Waals surface area contributed by atoms with E-state index in [2.05, 4.69) is 15.5 Å². The van der Waals surface area contributed by atoms with Crippen LogP contribution in [0.3, 0.4) is 0 Å². The van der Waals surface area contributed by atoms with Crippen LogP contribution in [0.5, 0.6) is 5.75 Å². The van der Waals surface area contributed by atoms with Crippen LogP contribution in [0, 0.1) is 5.82 Å². The van der Waals surface area contributed by atoms with E-state index in [1.54, 1.807) is 36.4 Å². The van der Waals surface area contributed by atoms with Crippen molar-refractivity contribution in [3.63, 3.8) is 0 Å². The zero-order chi connectivity index (χ0) is 13.2. The maximum absolute atomic E-state index is 12.9. The molecule has 2 aromatic carbocycles. The molecular weight excluding hydrogens is 247 g/mol. The third kappa shape index (κ3) is 2.15. The first-order valence-corrected chi connectivity index (χ1v) is 5.58. The van der Waals surface area contributed by atoms with Crippen LogP contribution in [0.2, 0.25) is 0 Å². The maximum atomic E-state index is 12.9. The summed E-state index contributed by atoms with van der Waals surface area (Å²) in [6, 6.07) is 12.4. The summed E-state index contributed by atoms with van der Waals surface area (Å²) < 4.78 is 14.4. The van der Waals surface area contributed by atoms with Crippen molar-refractivity contribution in [3.8, 4) is 22.8 Å². The van der Waals surface area contributed by atoms with Crippen LogP contribution in [-0.2, 0) is 0 Å². The van der Waals surface area contributed by atoms with Gasteiger partial charge in [0.2, 0.25) is 0 Å². The quantitative estimate of drug-likeness (QED) is 0.763. The Kier molecular flexibility index (Phi) is 2.68. The average molecular weight is 256 g/mol. The molecule has 94 valence electrons. The average Bonchev–Trinajstić information content (AvgIpc) is 2.90. The van der Waals surface area contributed by atoms with Gasteiger partial charge in [0, 0.05) is 5.56 Å². The number of benzene rings is 2. The van der Waals surface area contributed by atoms with E-state index in [-0.39, 0.29) is 11.6 Å². The standard InChI is InChI=1S/C13H9FN4O/c14-10-3-1-9(2-4-10)13-15-16-17-18(13)11-5-7-12(19)8-6-11/h1-8,19H. The largest absolute Gasteiger partial charge is 0.508 e. The molecule has 1 aromatic heterocycles. The molecule has 0 aliphatic carbocycles. The molecule has 1 N–H and O–H groups in total. The van der Waals surface area contributed by atoms with E-state index in [1.165, 1.54) is 16.8 Å². The van der Waals surface area contributed by atoms with Gasteiger partial charge in [-0.15, -0.1) is 5.10 Å². The van der Waals surface area contributed by atoms with E-state index in [1.807, 2.05) is 0 Å². The molecule has 0 atom stereocenters. The third-order valence-corrected chi connectivity index (χ3v) is 2.67. The van der Waals surface area contributed by atoms with E-state index < -0.39 is 0 Å². The van der Waals surface area contributed by atoms with Crippen LogP contribution < -0.4 is 0 Å². The summed E-state index contributed by atoms with van der Waals surface area (Å²) in [7, 11) is 0. The summed E-state index contributed by atoms with van der Waals surface area (Å²) in [6.07, 6.45) is 0. The smallest absolute Gasteiger partial charge is 0.187 e. The SMILES string of the molecule is Oc1ccc(-n2nnnc2-c2ccc(F)cc2)cc1. The number of aromatic nitrogens is 4. The Balaban J connectivity index is 2.07. The van der Waals surface area contributed by atoms with Gasteiger partial charge in [0.05, 0.1) is 5.69 Å². The van der Waals surface area contributed by atoms with Gasteiger partial charge in [-0.05, 0) is 59.0 Å². The molecule has 1 heterocycles. The topological polar surface area (TPSA) is 63.8 Å². The second-order valence-electron chi connectivity index (χ2n) is 3.94. The molecule has 0 amide bonds. The van der Waals surface area contributed by atoms with Gasteiger partial charge >= 0.3 is 0 Å². The monoisotopic (exact) mass is 256 g/mol. The summed E-state index contributed by atoms with van der Waals surface area (Å²) in [5.74, 6) is 0.359. The van der Waals surface area contributed by atoms with Crippen molar-refractivity contribution in [1.82, 2.24) is 20.2 Å². The predicted molar refractivity (Wildman–Crippen MR) is 66.2 cm³/mol. The molecule has 0 aliphatic heterocycles. The van der Waals surface area contributed by atoms with E-state index in [0.717, 1.165) is 0 Å². The van der Waals surface area contributed by atoms with E-state index in [0.29, 0.717) is 17.1 Å². The highest BCUT2D eigenvalue weighted by molar-refractivity contribution is 5.57. The fraction of sp³-hybridized carbons (Fsp3) is 0. The van der Waals surface area contributed by atoms with Crippen molar-refractivity contribution in [2.45, 2.75) is 0 Å². The lowest BCUT2D eigenvalue weighted by molar-refractivity contribution is 0.475. The molecule has 0 unspecified atom stereocenters. The van der Waals surface area contributed by atoms with Crippen LogP contribution >= 0.6 is 0 Å². The van der Waals surface area contributed by atoms with Gasteiger partial charge in [-0.3, -0.25) is 0 Å². The van der Waals surface area contributed by atoms with Crippen molar-refractivity contribution in [2.24, 2.45) is 0 Å². The molecule has 19 heavy (non-hydrogen) atoms. The molecule has 0 spiro atoms. The molecule has 0 radical (unpaired) electrons. The lowest BCUT2D eigenvalue weighted by atomic mass is 10.2. The number of tetrazole rings is 1. The molecule has 3 aromatic rings. The Hall–Kier alpha value is -2.76. The first-order valence-electron chi connectivity index (χ1n) is 5.58. The molecule has 0 saturated carbocycles. The zero-order valence-corrected chi connectivity index (χ0v) is 9.73. The van der Waals surface area contributed by atoms with Gasteiger partial charge in [0.25, 0.3) is 0 Å². The highest BCUT2D eigenvalue weighted by atomic mass is 19.1. The second kappa shape index (κ2) is 4.49. The lowest BCUT2D eigenvalue weighted by Crippen LogP contribution is -1.99. The number of nitrogens with zero attached hydrogens (tertiary/aromatic N) is 4. The van der Waals surface area contributed by atoms with Crippen LogP contribution in [0.15, 0.2) is 48.5 Å². The highest BCUT2D eigenvalue weighted by Crippen LogP contribution is 2.20. The summed E-state index contributed by atoms with van der Waals surface area (Å²) in [4.78, 5) is 0. The van der Waals surface area contributed by atoms with Gasteiger partial charge in [0.1, 0.15) is 11.6 Å². The summed E-state index contributed by atoms with van der Waals surface area (Å²) in [6.45, 7) is 0. The number of phenols is 1. The molecule has 0 bridgehead atoms. The molecule has 0 fully saturated rings. The van der Waals surface area contributed by atoms with E-state index >= 15 is 0 Å². The normalized spacial score (nSPS) is 10.6. The minimum atomic E-state index is -0.313. The van der Waals surface area contributed by atoms with Gasteiger partial charge in [0.15, 0.2) is 5.82 Å². The van der Waals surface area contributed by atoms with Gasteiger partial charge in [-0.25, -0.2) is 4.39 Å². The Labute approximate surface area is 107 Å². The summed E-state index contributed by atoms with van der Waals surface area (Å²) >= 11 is 0. The minimum Gasteiger partial charge on any atom is -0.508 e. The Morgan fingerprint density at radius 2 is 1.63 bits per heavy atom. The van der Waals surface area contributed by atoms with Crippen LogP contribution in [0.4, 0.5) is 4.39 Å². The Morgan fingerprint density at radius 3 is 2.32 bits per heavy atom. The van der Waals surface area contributed by atoms with Gasteiger partial charge in [-0.2, -0.15) is 4.68 Å². The van der Waals surface area contributed by atoms with Crippen molar-refractivity contribution in [3.05, 3.63) is 54.3 Å². The number of hydrogen-bond acceptors (Lipinski definition) is 4. The molecule has 5 nitrogen and oxygen atoms in total. The first kappa shape index (κ1) is 11.3. The number of hydrogen-bond donors (Lipinski definition) is 1. The zero-order valence-electron chi connectivity index (χ0n) is 9.73. The lowest BCUT2D eigenvalue weighted by Gasteiger charge is -2.04. The Morgan fingerprint density at radius 1 is 0.947 bits per heavy atom. The Bertz CT molecular complexity index is 631. The van der Waals surface area contributed by atoms with Crippen molar-refractivity contribution >= 4 is 0 Å². The third-order valence-electron chi connectivity index (χ3n) is 2.67. The maximum Gasteiger partial charge on any atom is 0.187 e. The van der Waals surface area contributed by atoms with E-state index in [4.69, 9.17) is 0 Å². The van der Waals surface area contributed by atoms with Crippen molar-refractivity contribution in [1.29, 1.82) is 0 Å². The molecule has 3 rings (SSSR count).